The highest BCUT2D eigenvalue weighted by molar-refractivity contribution is 6.08. The number of ketones is 1. The molecule has 0 amide bonds. The predicted molar refractivity (Wildman–Crippen MR) is 127 cm³/mol. The molecule has 0 radical (unpaired) electrons. The van der Waals surface area contributed by atoms with Gasteiger partial charge in [-0.15, -0.1) is 0 Å². The zero-order valence-electron chi connectivity index (χ0n) is 19.8. The van der Waals surface area contributed by atoms with Crippen molar-refractivity contribution in [2.24, 2.45) is 5.73 Å². The maximum Gasteiger partial charge on any atom is 0.355 e. The van der Waals surface area contributed by atoms with E-state index in [2.05, 4.69) is 0 Å². The third-order valence-corrected chi connectivity index (χ3v) is 5.38. The fourth-order valence-electron chi connectivity index (χ4n) is 3.85. The summed E-state index contributed by atoms with van der Waals surface area (Å²) in [5.41, 5.74) is 6.34. The molecule has 10 heteroatoms. The van der Waals surface area contributed by atoms with Gasteiger partial charge < -0.3 is 19.9 Å². The Bertz CT molecular complexity index is 1320. The molecule has 0 saturated carbocycles. The van der Waals surface area contributed by atoms with Crippen LogP contribution < -0.4 is 10.6 Å². The van der Waals surface area contributed by atoms with Crippen LogP contribution in [0.3, 0.4) is 0 Å². The zero-order chi connectivity index (χ0) is 26.4. The molecule has 1 unspecified atom stereocenters. The van der Waals surface area contributed by atoms with Crippen molar-refractivity contribution in [1.29, 1.82) is 5.26 Å². The first-order valence-corrected chi connectivity index (χ1v) is 10.7. The minimum absolute atomic E-state index is 0.0321. The number of ether oxygens (including phenoxy) is 3. The van der Waals surface area contributed by atoms with Crippen molar-refractivity contribution < 1.29 is 33.4 Å². The van der Waals surface area contributed by atoms with Gasteiger partial charge in [0, 0.05) is 0 Å². The minimum Gasteiger partial charge on any atom is -0.466 e. The molecule has 0 spiro atoms. The third kappa shape index (κ3) is 4.81. The van der Waals surface area contributed by atoms with E-state index in [0.717, 1.165) is 19.1 Å². The largest absolute Gasteiger partial charge is 0.466 e. The fourth-order valence-corrected chi connectivity index (χ4v) is 3.85. The van der Waals surface area contributed by atoms with Crippen LogP contribution in [-0.4, -0.2) is 44.5 Å². The van der Waals surface area contributed by atoms with Crippen LogP contribution in [-0.2, 0) is 28.6 Å². The molecule has 1 aliphatic rings. The number of carbonyl (C=O) groups excluding carboxylic acids is 4. The van der Waals surface area contributed by atoms with Crippen LogP contribution in [0.5, 0.6) is 0 Å². The van der Waals surface area contributed by atoms with E-state index in [1.807, 2.05) is 6.07 Å². The van der Waals surface area contributed by atoms with E-state index in [-0.39, 0.29) is 39.7 Å². The topological polar surface area (TPSA) is 149 Å². The summed E-state index contributed by atoms with van der Waals surface area (Å²) in [6.07, 6.45) is 0. The van der Waals surface area contributed by atoms with Gasteiger partial charge >= 0.3 is 17.9 Å². The molecule has 36 heavy (non-hydrogen) atoms. The highest BCUT2D eigenvalue weighted by atomic mass is 16.5. The summed E-state index contributed by atoms with van der Waals surface area (Å²) in [5, 5.41) is 10.1. The Morgan fingerprint density at radius 2 is 1.56 bits per heavy atom. The molecule has 3 rings (SSSR count). The number of rotatable bonds is 7. The number of benzene rings is 2. The first-order valence-electron chi connectivity index (χ1n) is 10.7. The smallest absolute Gasteiger partial charge is 0.355 e. The van der Waals surface area contributed by atoms with Gasteiger partial charge in [0.15, 0.2) is 5.78 Å². The normalized spacial score (nSPS) is 15.2. The van der Waals surface area contributed by atoms with Crippen molar-refractivity contribution in [1.82, 2.24) is 0 Å². The number of hydrogen-bond donors (Lipinski definition) is 1. The maximum atomic E-state index is 13.1. The van der Waals surface area contributed by atoms with E-state index >= 15 is 0 Å². The van der Waals surface area contributed by atoms with Crippen molar-refractivity contribution in [3.63, 3.8) is 0 Å². The zero-order valence-corrected chi connectivity index (χ0v) is 19.8. The van der Waals surface area contributed by atoms with E-state index in [0.29, 0.717) is 5.56 Å². The average molecular weight is 489 g/mol. The average Bonchev–Trinajstić information content (AvgIpc) is 2.90. The van der Waals surface area contributed by atoms with Crippen LogP contribution in [0.25, 0.3) is 0 Å². The number of hydrogen-bond acceptors (Lipinski definition) is 10. The van der Waals surface area contributed by atoms with Gasteiger partial charge in [0.05, 0.1) is 48.6 Å². The van der Waals surface area contributed by atoms with Crippen LogP contribution in [0.2, 0.25) is 0 Å². The van der Waals surface area contributed by atoms with Crippen LogP contribution in [0.1, 0.15) is 28.8 Å². The van der Waals surface area contributed by atoms with E-state index in [4.69, 9.17) is 19.9 Å². The molecule has 0 saturated heterocycles. The summed E-state index contributed by atoms with van der Waals surface area (Å²) < 4.78 is 15.0. The fraction of sp³-hybridized carbons (Fsp3) is 0.192. The van der Waals surface area contributed by atoms with Crippen LogP contribution in [0.4, 0.5) is 5.69 Å². The monoisotopic (exact) mass is 489 g/mol. The lowest BCUT2D eigenvalue weighted by molar-refractivity contribution is -0.139. The summed E-state index contributed by atoms with van der Waals surface area (Å²) in [6.45, 7) is 0.791. The summed E-state index contributed by atoms with van der Waals surface area (Å²) >= 11 is 0. The van der Waals surface area contributed by atoms with Gasteiger partial charge in [-0.3, -0.25) is 9.69 Å². The van der Waals surface area contributed by atoms with Gasteiger partial charge in [0.25, 0.3) is 0 Å². The van der Waals surface area contributed by atoms with Gasteiger partial charge in [-0.1, -0.05) is 42.5 Å². The van der Waals surface area contributed by atoms with Gasteiger partial charge in [0.1, 0.15) is 18.1 Å². The second-order valence-electron chi connectivity index (χ2n) is 7.63. The Hall–Kier alpha value is -4.91. The molecule has 1 heterocycles. The lowest BCUT2D eigenvalue weighted by Crippen LogP contribution is -2.41. The van der Waals surface area contributed by atoms with Crippen molar-refractivity contribution in [2.75, 3.05) is 25.7 Å². The van der Waals surface area contributed by atoms with E-state index in [1.165, 1.54) is 19.1 Å². The number of nitriles is 1. The van der Waals surface area contributed by atoms with E-state index in [9.17, 15) is 24.4 Å². The Morgan fingerprint density at radius 3 is 2.14 bits per heavy atom. The summed E-state index contributed by atoms with van der Waals surface area (Å²) in [6, 6.07) is 16.5. The maximum absolute atomic E-state index is 13.1. The molecule has 0 bridgehead atoms. The number of methoxy groups -OCH3 is 2. The van der Waals surface area contributed by atoms with E-state index in [1.54, 1.807) is 42.5 Å². The first kappa shape index (κ1) is 25.7. The first-order chi connectivity index (χ1) is 17.3. The second-order valence-corrected chi connectivity index (χ2v) is 7.63. The molecule has 10 nitrogen and oxygen atoms in total. The van der Waals surface area contributed by atoms with Crippen LogP contribution >= 0.6 is 0 Å². The SMILES string of the molecule is COC(=O)C1=C(C(=O)OC)N(c2ccccc2C(=O)OCC(C)=O)C(N)=C(C#N)C1c1ccccc1. The van der Waals surface area contributed by atoms with Gasteiger partial charge in [-0.2, -0.15) is 5.26 Å². The lowest BCUT2D eigenvalue weighted by atomic mass is 9.80. The number of carbonyl (C=O) groups is 4. The third-order valence-electron chi connectivity index (χ3n) is 5.38. The Balaban J connectivity index is 2.37. The quantitative estimate of drug-likeness (QED) is 0.453. The van der Waals surface area contributed by atoms with Crippen molar-refractivity contribution in [3.05, 3.63) is 88.4 Å². The number of nitrogens with zero attached hydrogens (tertiary/aromatic N) is 2. The molecule has 1 aliphatic heterocycles. The Kier molecular flexibility index (Phi) is 7.86. The second kappa shape index (κ2) is 11.0. The Morgan fingerprint density at radius 1 is 0.944 bits per heavy atom. The molecule has 1 atom stereocenters. The number of para-hydroxylation sites is 1. The standard InChI is InChI=1S/C26H23N3O7/c1-15(30)14-36-24(31)17-11-7-8-12-19(17)29-22(26(33)35-3)21(25(32)34-2)20(18(13-27)23(29)28)16-9-5-4-6-10-16/h4-12,20H,14,28H2,1-3H3. The molecular weight excluding hydrogens is 466 g/mol. The molecule has 0 aliphatic carbocycles. The number of allylic oxidation sites excluding steroid dienone is 1. The molecule has 2 aromatic rings. The number of esters is 3. The van der Waals surface area contributed by atoms with Crippen LogP contribution in [0.15, 0.2) is 77.3 Å². The number of nitrogens with two attached hydrogens (primary N) is 1. The van der Waals surface area contributed by atoms with Crippen molar-refractivity contribution in [3.8, 4) is 6.07 Å². The summed E-state index contributed by atoms with van der Waals surface area (Å²) in [7, 11) is 2.25. The summed E-state index contributed by atoms with van der Waals surface area (Å²) in [5.74, 6) is -4.36. The highest BCUT2D eigenvalue weighted by Gasteiger charge is 2.43. The number of anilines is 1. The number of Topliss-reactive ketones (excluding diaryl/α,β-unsaturated/α-hetero) is 1. The molecule has 0 fully saturated rings. The molecular formula is C26H23N3O7. The molecule has 0 aromatic heterocycles. The highest BCUT2D eigenvalue weighted by Crippen LogP contribution is 2.43. The Labute approximate surface area is 207 Å². The lowest BCUT2D eigenvalue weighted by Gasteiger charge is -2.36. The molecule has 184 valence electrons. The molecule has 2 N–H and O–H groups in total. The van der Waals surface area contributed by atoms with Crippen molar-refractivity contribution in [2.45, 2.75) is 12.8 Å². The van der Waals surface area contributed by atoms with Crippen molar-refractivity contribution >= 4 is 29.4 Å². The summed E-state index contributed by atoms with van der Waals surface area (Å²) in [4.78, 5) is 51.5. The van der Waals surface area contributed by atoms with Crippen LogP contribution in [0, 0.1) is 11.3 Å². The molecule has 2 aromatic carbocycles. The van der Waals surface area contributed by atoms with Gasteiger partial charge in [-0.25, -0.2) is 14.4 Å². The minimum atomic E-state index is -1.05. The van der Waals surface area contributed by atoms with Gasteiger partial charge in [0.2, 0.25) is 0 Å². The van der Waals surface area contributed by atoms with Gasteiger partial charge in [-0.05, 0) is 24.6 Å². The van der Waals surface area contributed by atoms with E-state index < -0.39 is 30.4 Å². The predicted octanol–water partition coefficient (Wildman–Crippen LogP) is 2.33.